The van der Waals surface area contributed by atoms with Gasteiger partial charge in [0.25, 0.3) is 0 Å². The fourth-order valence-corrected chi connectivity index (χ4v) is 5.98. The summed E-state index contributed by atoms with van der Waals surface area (Å²) in [4.78, 5) is 2.45. The summed E-state index contributed by atoms with van der Waals surface area (Å²) in [6.07, 6.45) is 0. The molecule has 5 heteroatoms. The molecule has 1 atom stereocenters. The van der Waals surface area contributed by atoms with E-state index in [1.807, 2.05) is 0 Å². The Hall–Kier alpha value is 0.320. The highest BCUT2D eigenvalue weighted by molar-refractivity contribution is 9.11. The van der Waals surface area contributed by atoms with Crippen LogP contribution in [-0.2, 0) is 0 Å². The molecule has 0 saturated heterocycles. The first kappa shape index (κ1) is 15.7. The van der Waals surface area contributed by atoms with Gasteiger partial charge in [-0.1, -0.05) is 61.6 Å². The molecular weight excluding hydrogens is 454 g/mol. The van der Waals surface area contributed by atoms with Crippen LogP contribution in [0.1, 0.15) is 24.8 Å². The van der Waals surface area contributed by atoms with Crippen molar-refractivity contribution in [3.8, 4) is 10.4 Å². The molecule has 0 aliphatic carbocycles. The van der Waals surface area contributed by atoms with E-state index < -0.39 is 0 Å². The number of thiophene rings is 1. The van der Waals surface area contributed by atoms with Crippen molar-refractivity contribution in [2.45, 2.75) is 19.9 Å². The van der Waals surface area contributed by atoms with Crippen molar-refractivity contribution in [2.75, 3.05) is 0 Å². The predicted octanol–water partition coefficient (Wildman–Crippen LogP) is 6.36. The Morgan fingerprint density at radius 3 is 2.16 bits per heavy atom. The van der Waals surface area contributed by atoms with Gasteiger partial charge in [0.1, 0.15) is 0 Å². The molecule has 1 heterocycles. The highest BCUT2D eigenvalue weighted by Gasteiger charge is 2.16. The Kier molecular flexibility index (Phi) is 5.28. The lowest BCUT2D eigenvalue weighted by Gasteiger charge is -2.13. The lowest BCUT2D eigenvalue weighted by Crippen LogP contribution is -2.14. The zero-order valence-corrected chi connectivity index (χ0v) is 16.2. The molecule has 1 aromatic heterocycles. The molecule has 0 amide bonds. The quantitative estimate of drug-likeness (QED) is 0.558. The summed E-state index contributed by atoms with van der Waals surface area (Å²) in [6.45, 7) is 4.30. The van der Waals surface area contributed by atoms with E-state index in [1.165, 1.54) is 15.3 Å². The van der Waals surface area contributed by atoms with Crippen LogP contribution in [-0.4, -0.2) is 0 Å². The minimum atomic E-state index is 0.103. The molecule has 1 unspecified atom stereocenters. The second-order valence-electron chi connectivity index (χ2n) is 4.72. The van der Waals surface area contributed by atoms with Crippen LogP contribution in [0, 0.1) is 5.92 Å². The fraction of sp³-hybridized carbons (Fsp3) is 0.286. The van der Waals surface area contributed by atoms with E-state index in [9.17, 15) is 0 Å². The van der Waals surface area contributed by atoms with Crippen molar-refractivity contribution in [1.82, 2.24) is 0 Å². The third-order valence-corrected chi connectivity index (χ3v) is 5.84. The van der Waals surface area contributed by atoms with E-state index in [-0.39, 0.29) is 6.04 Å². The SMILES string of the molecule is CC(C)C(N)c1ccc(-c2c(Br)cc(Br)cc2Br)s1. The Labute approximate surface area is 143 Å². The second-order valence-corrected chi connectivity index (χ2v) is 8.46. The van der Waals surface area contributed by atoms with E-state index in [4.69, 9.17) is 5.73 Å². The van der Waals surface area contributed by atoms with Gasteiger partial charge in [0, 0.05) is 34.8 Å². The molecule has 0 aliphatic rings. The zero-order chi connectivity index (χ0) is 14.2. The molecule has 0 bridgehead atoms. The molecule has 0 fully saturated rings. The number of hydrogen-bond donors (Lipinski definition) is 1. The molecule has 102 valence electrons. The minimum absolute atomic E-state index is 0.103. The molecule has 0 aliphatic heterocycles. The van der Waals surface area contributed by atoms with Gasteiger partial charge < -0.3 is 5.73 Å². The third-order valence-electron chi connectivity index (χ3n) is 2.93. The van der Waals surface area contributed by atoms with Gasteiger partial charge in [0.15, 0.2) is 0 Å². The number of nitrogens with two attached hydrogens (primary N) is 1. The fourth-order valence-electron chi connectivity index (χ4n) is 1.77. The number of hydrogen-bond acceptors (Lipinski definition) is 2. The molecular formula is C14H14Br3NS. The van der Waals surface area contributed by atoms with Gasteiger partial charge in [-0.15, -0.1) is 11.3 Å². The Bertz CT molecular complexity index is 569. The standard InChI is InChI=1S/C14H14Br3NS/c1-7(2)14(18)12-4-3-11(19-12)13-9(16)5-8(15)6-10(13)17/h3-7,14H,18H2,1-2H3. The molecule has 1 nitrogen and oxygen atoms in total. The van der Waals surface area contributed by atoms with Crippen molar-refractivity contribution >= 4 is 59.1 Å². The summed E-state index contributed by atoms with van der Waals surface area (Å²) in [5.41, 5.74) is 7.39. The maximum atomic E-state index is 6.21. The van der Waals surface area contributed by atoms with Crippen molar-refractivity contribution in [3.05, 3.63) is 42.6 Å². The van der Waals surface area contributed by atoms with Gasteiger partial charge >= 0.3 is 0 Å². The number of halogens is 3. The highest BCUT2D eigenvalue weighted by atomic mass is 79.9. The van der Waals surface area contributed by atoms with Gasteiger partial charge in [0.2, 0.25) is 0 Å². The minimum Gasteiger partial charge on any atom is -0.323 e. The first-order chi connectivity index (χ1) is 8.90. The first-order valence-corrected chi connectivity index (χ1v) is 9.10. The zero-order valence-electron chi connectivity index (χ0n) is 10.6. The van der Waals surface area contributed by atoms with E-state index in [2.05, 4.69) is 85.9 Å². The van der Waals surface area contributed by atoms with Crippen LogP contribution >= 0.6 is 59.1 Å². The summed E-state index contributed by atoms with van der Waals surface area (Å²) in [5.74, 6) is 0.447. The van der Waals surface area contributed by atoms with Crippen LogP contribution in [0.25, 0.3) is 10.4 Å². The molecule has 2 N–H and O–H groups in total. The average molecular weight is 468 g/mol. The van der Waals surface area contributed by atoms with Crippen LogP contribution in [0.15, 0.2) is 37.7 Å². The van der Waals surface area contributed by atoms with E-state index in [0.717, 1.165) is 13.4 Å². The van der Waals surface area contributed by atoms with Crippen molar-refractivity contribution in [1.29, 1.82) is 0 Å². The monoisotopic (exact) mass is 465 g/mol. The largest absolute Gasteiger partial charge is 0.323 e. The van der Waals surface area contributed by atoms with Crippen LogP contribution in [0.2, 0.25) is 0 Å². The molecule has 1 aromatic carbocycles. The maximum absolute atomic E-state index is 6.21. The molecule has 0 saturated carbocycles. The first-order valence-electron chi connectivity index (χ1n) is 5.90. The van der Waals surface area contributed by atoms with Crippen molar-refractivity contribution in [3.63, 3.8) is 0 Å². The Morgan fingerprint density at radius 1 is 1.05 bits per heavy atom. The topological polar surface area (TPSA) is 26.0 Å². The van der Waals surface area contributed by atoms with Gasteiger partial charge in [-0.05, 0) is 30.2 Å². The Balaban J connectivity index is 2.44. The maximum Gasteiger partial charge on any atom is 0.0413 e. The summed E-state index contributed by atoms with van der Waals surface area (Å²) in [5, 5.41) is 0. The lowest BCUT2D eigenvalue weighted by molar-refractivity contribution is 0.521. The molecule has 0 radical (unpaired) electrons. The van der Waals surface area contributed by atoms with Crippen molar-refractivity contribution < 1.29 is 0 Å². The lowest BCUT2D eigenvalue weighted by atomic mass is 10.0. The highest BCUT2D eigenvalue weighted by Crippen LogP contribution is 2.42. The second kappa shape index (κ2) is 6.39. The van der Waals surface area contributed by atoms with E-state index >= 15 is 0 Å². The van der Waals surface area contributed by atoms with Crippen LogP contribution in [0.5, 0.6) is 0 Å². The number of rotatable bonds is 3. The normalized spacial score (nSPS) is 13.0. The summed E-state index contributed by atoms with van der Waals surface area (Å²) >= 11 is 12.5. The summed E-state index contributed by atoms with van der Waals surface area (Å²) < 4.78 is 3.19. The van der Waals surface area contributed by atoms with Crippen molar-refractivity contribution in [2.24, 2.45) is 11.7 Å². The predicted molar refractivity (Wildman–Crippen MR) is 94.6 cm³/mol. The van der Waals surface area contributed by atoms with Crippen LogP contribution in [0.4, 0.5) is 0 Å². The smallest absolute Gasteiger partial charge is 0.0413 e. The molecule has 0 spiro atoms. The third kappa shape index (κ3) is 3.50. The van der Waals surface area contributed by atoms with Gasteiger partial charge in [0.05, 0.1) is 0 Å². The summed E-state index contributed by atoms with van der Waals surface area (Å²) in [7, 11) is 0. The molecule has 2 aromatic rings. The van der Waals surface area contributed by atoms with E-state index in [1.54, 1.807) is 11.3 Å². The molecule has 2 rings (SSSR count). The van der Waals surface area contributed by atoms with Crippen LogP contribution in [0.3, 0.4) is 0 Å². The molecule has 19 heavy (non-hydrogen) atoms. The van der Waals surface area contributed by atoms with Gasteiger partial charge in [-0.3, -0.25) is 0 Å². The Morgan fingerprint density at radius 2 is 1.63 bits per heavy atom. The average Bonchev–Trinajstić information content (AvgIpc) is 2.75. The van der Waals surface area contributed by atoms with Gasteiger partial charge in [-0.2, -0.15) is 0 Å². The van der Waals surface area contributed by atoms with Crippen LogP contribution < -0.4 is 5.73 Å². The number of benzene rings is 1. The van der Waals surface area contributed by atoms with E-state index in [0.29, 0.717) is 5.92 Å². The summed E-state index contributed by atoms with van der Waals surface area (Å²) in [6, 6.07) is 8.49. The van der Waals surface area contributed by atoms with Gasteiger partial charge in [-0.25, -0.2) is 0 Å².